The zero-order valence-electron chi connectivity index (χ0n) is 66.1. The molecule has 2 unspecified atom stereocenters. The Bertz CT molecular complexity index is 1930. The molecule has 0 saturated carbocycles. The van der Waals surface area contributed by atoms with E-state index in [4.69, 9.17) is 37.0 Å². The van der Waals surface area contributed by atoms with Crippen molar-refractivity contribution >= 4 is 39.5 Å². The Hall–Kier alpha value is -1.94. The summed E-state index contributed by atoms with van der Waals surface area (Å²) < 4.78 is 68.8. The molecule has 600 valence electrons. The maximum absolute atomic E-state index is 13.1. The molecule has 0 aromatic carbocycles. The van der Waals surface area contributed by atoms with Crippen LogP contribution in [0.4, 0.5) is 0 Å². The fourth-order valence-electron chi connectivity index (χ4n) is 12.8. The van der Waals surface area contributed by atoms with E-state index in [1.54, 1.807) is 0 Å². The molecule has 0 heterocycles. The van der Waals surface area contributed by atoms with Gasteiger partial charge in [0.2, 0.25) is 0 Å². The van der Waals surface area contributed by atoms with E-state index in [0.29, 0.717) is 25.7 Å². The summed E-state index contributed by atoms with van der Waals surface area (Å²) in [4.78, 5) is 73.1. The van der Waals surface area contributed by atoms with Gasteiger partial charge >= 0.3 is 39.5 Å². The van der Waals surface area contributed by atoms with Gasteiger partial charge in [0.05, 0.1) is 26.4 Å². The number of ether oxygens (including phenoxy) is 4. The van der Waals surface area contributed by atoms with Gasteiger partial charge in [-0.2, -0.15) is 0 Å². The third kappa shape index (κ3) is 76.1. The third-order valence-corrected chi connectivity index (χ3v) is 21.2. The second kappa shape index (κ2) is 74.9. The molecule has 0 aromatic rings. The first-order valence-corrected chi connectivity index (χ1v) is 45.6. The highest BCUT2D eigenvalue weighted by atomic mass is 31.2. The molecule has 3 N–H and O–H groups in total. The van der Waals surface area contributed by atoms with Gasteiger partial charge in [0.1, 0.15) is 19.3 Å². The fraction of sp³-hybridized carbons (Fsp3) is 0.951. The number of hydrogen-bond acceptors (Lipinski definition) is 15. The SMILES string of the molecule is CCCCCCCCCCCCCCCCCCCCCC(=O)O[C@H](COC(=O)CCCCCCCCCCCCCCCCCC)COP(=O)(O)OC[C@@H](O)COP(=O)(O)OC[C@@H](COC(=O)CCCCCCCCCCCCC)OC(=O)CCCCCCCCCCCCCCC(C)C. The summed E-state index contributed by atoms with van der Waals surface area (Å²) >= 11 is 0. The van der Waals surface area contributed by atoms with Crippen LogP contribution in [-0.2, 0) is 65.4 Å². The fourth-order valence-corrected chi connectivity index (χ4v) is 14.3. The Kier molecular flexibility index (Phi) is 73.5. The lowest BCUT2D eigenvalue weighted by atomic mass is 10.0. The predicted octanol–water partition coefficient (Wildman–Crippen LogP) is 24.8. The van der Waals surface area contributed by atoms with Crippen molar-refractivity contribution < 1.29 is 80.2 Å². The lowest BCUT2D eigenvalue weighted by Crippen LogP contribution is -2.30. The van der Waals surface area contributed by atoms with Gasteiger partial charge in [-0.15, -0.1) is 0 Å². The average Bonchev–Trinajstić information content (AvgIpc) is 0.967. The predicted molar refractivity (Wildman–Crippen MR) is 414 cm³/mol. The van der Waals surface area contributed by atoms with Crippen LogP contribution in [-0.4, -0.2) is 96.7 Å². The van der Waals surface area contributed by atoms with Gasteiger partial charge in [-0.05, 0) is 31.6 Å². The number of aliphatic hydroxyl groups excluding tert-OH is 1. The summed E-state index contributed by atoms with van der Waals surface area (Å²) in [6, 6.07) is 0. The Morgan fingerprint density at radius 2 is 0.455 bits per heavy atom. The lowest BCUT2D eigenvalue weighted by Gasteiger charge is -2.21. The van der Waals surface area contributed by atoms with Gasteiger partial charge in [0, 0.05) is 25.7 Å². The normalized spacial score (nSPS) is 13.8. The van der Waals surface area contributed by atoms with Crippen molar-refractivity contribution in [1.29, 1.82) is 0 Å². The molecule has 0 aromatic heterocycles. The number of hydrogen-bond donors (Lipinski definition) is 3. The van der Waals surface area contributed by atoms with Crippen molar-refractivity contribution in [3.05, 3.63) is 0 Å². The molecular formula is C82H160O17P2. The van der Waals surface area contributed by atoms with E-state index < -0.39 is 97.5 Å². The molecule has 101 heavy (non-hydrogen) atoms. The first kappa shape index (κ1) is 99.1. The van der Waals surface area contributed by atoms with E-state index in [2.05, 4.69) is 34.6 Å². The monoisotopic (exact) mass is 1480 g/mol. The molecule has 0 radical (unpaired) electrons. The molecule has 0 rings (SSSR count). The van der Waals surface area contributed by atoms with Gasteiger partial charge in [-0.3, -0.25) is 37.3 Å². The van der Waals surface area contributed by atoms with Crippen LogP contribution >= 0.6 is 15.6 Å². The van der Waals surface area contributed by atoms with E-state index in [1.807, 2.05) is 0 Å². The molecule has 0 aliphatic rings. The van der Waals surface area contributed by atoms with Crippen LogP contribution in [0.5, 0.6) is 0 Å². The minimum absolute atomic E-state index is 0.108. The first-order chi connectivity index (χ1) is 49.0. The molecule has 0 spiro atoms. The molecule has 0 aliphatic heterocycles. The largest absolute Gasteiger partial charge is 0.472 e. The van der Waals surface area contributed by atoms with Crippen molar-refractivity contribution in [3.63, 3.8) is 0 Å². The van der Waals surface area contributed by atoms with Crippen molar-refractivity contribution in [2.75, 3.05) is 39.6 Å². The van der Waals surface area contributed by atoms with Gasteiger partial charge in [-0.25, -0.2) is 9.13 Å². The summed E-state index contributed by atoms with van der Waals surface area (Å²) in [5.74, 6) is -1.33. The van der Waals surface area contributed by atoms with Crippen molar-refractivity contribution in [1.82, 2.24) is 0 Å². The smallest absolute Gasteiger partial charge is 0.462 e. The summed E-state index contributed by atoms with van der Waals surface area (Å²) in [5.41, 5.74) is 0. The van der Waals surface area contributed by atoms with Gasteiger partial charge in [0.25, 0.3) is 0 Å². The maximum Gasteiger partial charge on any atom is 0.472 e. The van der Waals surface area contributed by atoms with Crippen LogP contribution in [0.15, 0.2) is 0 Å². The number of carbonyl (C=O) groups excluding carboxylic acids is 4. The van der Waals surface area contributed by atoms with E-state index in [1.165, 1.54) is 263 Å². The zero-order chi connectivity index (χ0) is 74.1. The molecule has 0 aliphatic carbocycles. The highest BCUT2D eigenvalue weighted by molar-refractivity contribution is 7.47. The highest BCUT2D eigenvalue weighted by Gasteiger charge is 2.30. The van der Waals surface area contributed by atoms with Gasteiger partial charge in [-0.1, -0.05) is 388 Å². The van der Waals surface area contributed by atoms with E-state index in [-0.39, 0.29) is 25.7 Å². The standard InChI is InChI=1S/C82H160O17P2/c1-6-9-12-15-18-21-24-26-28-30-31-32-34-36-42-47-52-57-62-67-81(86)98-78(72-93-80(85)66-61-56-51-46-41-35-33-29-27-25-22-19-16-13-10-7-2)74-97-101(90,91)95-70-76(83)69-94-100(88,89)96-73-77(71-92-79(84)65-60-55-50-45-39-23-20-17-14-11-8-3)99-82(87)68-63-58-53-48-43-38-37-40-44-49-54-59-64-75(4)5/h75-78,83H,6-74H2,1-5H3,(H,88,89)(H,90,91)/t76-,77+,78+/m0/s1. The molecule has 0 bridgehead atoms. The quantitative estimate of drug-likeness (QED) is 0.0222. The molecule has 0 saturated heterocycles. The van der Waals surface area contributed by atoms with Gasteiger partial charge < -0.3 is 33.8 Å². The number of aliphatic hydroxyl groups is 1. The Morgan fingerprint density at radius 3 is 0.673 bits per heavy atom. The van der Waals surface area contributed by atoms with Crippen molar-refractivity contribution in [2.24, 2.45) is 5.92 Å². The summed E-state index contributed by atoms with van der Waals surface area (Å²) in [7, 11) is -9.92. The van der Waals surface area contributed by atoms with Crippen LogP contribution in [0, 0.1) is 5.92 Å². The topological polar surface area (TPSA) is 237 Å². The Balaban J connectivity index is 5.25. The lowest BCUT2D eigenvalue weighted by molar-refractivity contribution is -0.161. The van der Waals surface area contributed by atoms with Crippen LogP contribution in [0.25, 0.3) is 0 Å². The number of phosphoric ester groups is 2. The van der Waals surface area contributed by atoms with Gasteiger partial charge in [0.15, 0.2) is 12.2 Å². The number of rotatable bonds is 82. The number of carbonyl (C=O) groups is 4. The minimum Gasteiger partial charge on any atom is -0.462 e. The average molecular weight is 1480 g/mol. The summed E-state index contributed by atoms with van der Waals surface area (Å²) in [6.07, 6.45) is 66.5. The Labute approximate surface area is 619 Å². The minimum atomic E-state index is -4.96. The highest BCUT2D eigenvalue weighted by Crippen LogP contribution is 2.45. The third-order valence-electron chi connectivity index (χ3n) is 19.3. The van der Waals surface area contributed by atoms with E-state index in [9.17, 15) is 43.2 Å². The zero-order valence-corrected chi connectivity index (χ0v) is 67.8. The molecule has 17 nitrogen and oxygen atoms in total. The van der Waals surface area contributed by atoms with Crippen molar-refractivity contribution in [2.45, 2.75) is 457 Å². The number of unbranched alkanes of at least 4 members (excludes halogenated alkanes) is 54. The second-order valence-electron chi connectivity index (χ2n) is 30.0. The summed E-state index contributed by atoms with van der Waals surface area (Å²) in [5, 5.41) is 10.7. The number of phosphoric acid groups is 2. The molecule has 5 atom stereocenters. The molecular weight excluding hydrogens is 1320 g/mol. The summed E-state index contributed by atoms with van der Waals surface area (Å²) in [6.45, 7) is 7.35. The van der Waals surface area contributed by atoms with Crippen LogP contribution in [0.1, 0.15) is 439 Å². The van der Waals surface area contributed by atoms with Crippen molar-refractivity contribution in [3.8, 4) is 0 Å². The molecule has 19 heteroatoms. The van der Waals surface area contributed by atoms with Crippen LogP contribution < -0.4 is 0 Å². The number of esters is 4. The maximum atomic E-state index is 13.1. The van der Waals surface area contributed by atoms with E-state index in [0.717, 1.165) is 95.8 Å². The van der Waals surface area contributed by atoms with E-state index >= 15 is 0 Å². The molecule has 0 amide bonds. The second-order valence-corrected chi connectivity index (χ2v) is 32.9. The Morgan fingerprint density at radius 1 is 0.267 bits per heavy atom. The van der Waals surface area contributed by atoms with Crippen LogP contribution in [0.2, 0.25) is 0 Å². The van der Waals surface area contributed by atoms with Crippen LogP contribution in [0.3, 0.4) is 0 Å². The first-order valence-electron chi connectivity index (χ1n) is 42.6. The molecule has 0 fully saturated rings.